The van der Waals surface area contributed by atoms with Gasteiger partial charge in [-0.2, -0.15) is 0 Å². The molecule has 0 saturated heterocycles. The average Bonchev–Trinajstić information content (AvgIpc) is 2.95. The van der Waals surface area contributed by atoms with E-state index in [1.54, 1.807) is 25.1 Å². The fourth-order valence-corrected chi connectivity index (χ4v) is 3.44. The molecule has 0 amide bonds. The number of furan rings is 1. The topological polar surface area (TPSA) is 55.4 Å². The first-order chi connectivity index (χ1) is 12.9. The number of rotatable bonds is 3. The maximum atomic E-state index is 12.6. The number of hydrogen-bond acceptors (Lipinski definition) is 4. The highest BCUT2D eigenvalue weighted by molar-refractivity contribution is 6.31. The minimum absolute atomic E-state index is 0.398. The van der Waals surface area contributed by atoms with Gasteiger partial charge in [0.2, 0.25) is 5.88 Å². The Bertz CT molecular complexity index is 1220. The average molecular weight is 380 g/mol. The van der Waals surface area contributed by atoms with Gasteiger partial charge in [0.05, 0.1) is 5.56 Å². The SMILES string of the molecule is Cc1ccc(Nc2oc3cc(C)oc(=O)c3c2-c2cccc(Cl)c2)c(C)c1. The summed E-state index contributed by atoms with van der Waals surface area (Å²) in [6, 6.07) is 15.1. The fraction of sp³-hybridized carbons (Fsp3) is 0.136. The van der Waals surface area contributed by atoms with Crippen LogP contribution in [0.15, 0.2) is 62.2 Å². The zero-order valence-corrected chi connectivity index (χ0v) is 16.0. The lowest BCUT2D eigenvalue weighted by atomic mass is 10.0. The third-order valence-electron chi connectivity index (χ3n) is 4.47. The Morgan fingerprint density at radius 2 is 1.78 bits per heavy atom. The minimum Gasteiger partial charge on any atom is -0.439 e. The number of hydrogen-bond donors (Lipinski definition) is 1. The molecule has 136 valence electrons. The quantitative estimate of drug-likeness (QED) is 0.449. The van der Waals surface area contributed by atoms with Gasteiger partial charge < -0.3 is 14.2 Å². The van der Waals surface area contributed by atoms with Crippen molar-refractivity contribution in [2.45, 2.75) is 20.8 Å². The van der Waals surface area contributed by atoms with Crippen LogP contribution in [0.5, 0.6) is 0 Å². The third kappa shape index (κ3) is 3.24. The molecule has 2 aromatic heterocycles. The molecule has 0 bridgehead atoms. The fourth-order valence-electron chi connectivity index (χ4n) is 3.25. The van der Waals surface area contributed by atoms with Crippen molar-refractivity contribution in [1.82, 2.24) is 0 Å². The Kier molecular flexibility index (Phi) is 4.28. The van der Waals surface area contributed by atoms with Crippen molar-refractivity contribution in [2.75, 3.05) is 5.32 Å². The summed E-state index contributed by atoms with van der Waals surface area (Å²) in [5.74, 6) is 0.981. The monoisotopic (exact) mass is 379 g/mol. The molecule has 2 aromatic carbocycles. The van der Waals surface area contributed by atoms with Crippen LogP contribution >= 0.6 is 11.6 Å². The van der Waals surface area contributed by atoms with Crippen molar-refractivity contribution in [2.24, 2.45) is 0 Å². The number of benzene rings is 2. The van der Waals surface area contributed by atoms with Gasteiger partial charge in [-0.15, -0.1) is 0 Å². The molecule has 4 rings (SSSR count). The molecule has 0 fully saturated rings. The normalized spacial score (nSPS) is 11.1. The van der Waals surface area contributed by atoms with Crippen molar-refractivity contribution in [3.63, 3.8) is 0 Å². The van der Waals surface area contributed by atoms with E-state index in [2.05, 4.69) is 11.4 Å². The van der Waals surface area contributed by atoms with Gasteiger partial charge in [0.25, 0.3) is 0 Å². The number of nitrogens with one attached hydrogen (secondary N) is 1. The van der Waals surface area contributed by atoms with E-state index in [1.807, 2.05) is 38.1 Å². The van der Waals surface area contributed by atoms with E-state index in [4.69, 9.17) is 20.4 Å². The predicted molar refractivity (Wildman–Crippen MR) is 109 cm³/mol. The van der Waals surface area contributed by atoms with Crippen LogP contribution in [0.2, 0.25) is 5.02 Å². The van der Waals surface area contributed by atoms with Crippen molar-refractivity contribution in [3.8, 4) is 11.1 Å². The van der Waals surface area contributed by atoms with Gasteiger partial charge in [-0.3, -0.25) is 0 Å². The molecule has 0 aliphatic heterocycles. The first-order valence-corrected chi connectivity index (χ1v) is 8.97. The van der Waals surface area contributed by atoms with Gasteiger partial charge in [0.15, 0.2) is 0 Å². The van der Waals surface area contributed by atoms with E-state index < -0.39 is 5.63 Å². The van der Waals surface area contributed by atoms with E-state index in [0.29, 0.717) is 33.2 Å². The molecule has 0 aliphatic rings. The first-order valence-electron chi connectivity index (χ1n) is 8.60. The Morgan fingerprint density at radius 3 is 2.52 bits per heavy atom. The lowest BCUT2D eigenvalue weighted by Gasteiger charge is -2.10. The maximum Gasteiger partial charge on any atom is 0.347 e. The van der Waals surface area contributed by atoms with Crippen molar-refractivity contribution in [3.05, 3.63) is 80.9 Å². The van der Waals surface area contributed by atoms with Crippen LogP contribution in [-0.4, -0.2) is 0 Å². The Hall–Kier alpha value is -2.98. The van der Waals surface area contributed by atoms with Crippen LogP contribution in [0.25, 0.3) is 22.1 Å². The summed E-state index contributed by atoms with van der Waals surface area (Å²) in [7, 11) is 0. The van der Waals surface area contributed by atoms with Gasteiger partial charge >= 0.3 is 5.63 Å². The number of fused-ring (bicyclic) bond motifs is 1. The minimum atomic E-state index is -0.433. The van der Waals surface area contributed by atoms with E-state index in [-0.39, 0.29) is 0 Å². The summed E-state index contributed by atoms with van der Waals surface area (Å²) in [5.41, 5.74) is 4.63. The van der Waals surface area contributed by atoms with Gasteiger partial charge in [-0.1, -0.05) is 41.4 Å². The highest BCUT2D eigenvalue weighted by Crippen LogP contribution is 2.39. The molecular formula is C22H18ClNO3. The Morgan fingerprint density at radius 1 is 0.963 bits per heavy atom. The van der Waals surface area contributed by atoms with Crippen LogP contribution < -0.4 is 10.9 Å². The van der Waals surface area contributed by atoms with E-state index in [0.717, 1.165) is 16.8 Å². The summed E-state index contributed by atoms with van der Waals surface area (Å²) < 4.78 is 11.3. The molecule has 0 atom stereocenters. The molecule has 4 nitrogen and oxygen atoms in total. The Labute approximate surface area is 161 Å². The zero-order valence-electron chi connectivity index (χ0n) is 15.2. The van der Waals surface area contributed by atoms with Crippen LogP contribution in [0, 0.1) is 20.8 Å². The molecule has 0 unspecified atom stereocenters. The lowest BCUT2D eigenvalue weighted by molar-refractivity contribution is 0.485. The second-order valence-corrected chi connectivity index (χ2v) is 7.08. The highest BCUT2D eigenvalue weighted by atomic mass is 35.5. The molecule has 0 radical (unpaired) electrons. The molecule has 5 heteroatoms. The highest BCUT2D eigenvalue weighted by Gasteiger charge is 2.21. The van der Waals surface area contributed by atoms with Crippen LogP contribution in [0.4, 0.5) is 11.6 Å². The second-order valence-electron chi connectivity index (χ2n) is 6.64. The van der Waals surface area contributed by atoms with Crippen LogP contribution in [0.3, 0.4) is 0 Å². The Balaban J connectivity index is 1.98. The number of anilines is 2. The molecule has 0 saturated carbocycles. The zero-order chi connectivity index (χ0) is 19.1. The molecule has 2 heterocycles. The predicted octanol–water partition coefficient (Wildman–Crippen LogP) is 6.38. The molecule has 27 heavy (non-hydrogen) atoms. The second kappa shape index (κ2) is 6.63. The van der Waals surface area contributed by atoms with E-state index >= 15 is 0 Å². The molecule has 1 N–H and O–H groups in total. The standard InChI is InChI=1S/C22H18ClNO3/c1-12-7-8-17(13(2)9-12)24-21-19(15-5-4-6-16(23)11-15)20-18(27-21)10-14(3)26-22(20)25/h4-11,24H,1-3H3. The summed E-state index contributed by atoms with van der Waals surface area (Å²) in [5, 5.41) is 4.31. The van der Waals surface area contributed by atoms with Gasteiger partial charge in [-0.05, 0) is 50.1 Å². The summed E-state index contributed by atoms with van der Waals surface area (Å²) in [6.45, 7) is 5.79. The summed E-state index contributed by atoms with van der Waals surface area (Å²) in [4.78, 5) is 12.6. The van der Waals surface area contributed by atoms with E-state index in [1.165, 1.54) is 5.56 Å². The van der Waals surface area contributed by atoms with Crippen LogP contribution in [-0.2, 0) is 0 Å². The molecule has 0 spiro atoms. The smallest absolute Gasteiger partial charge is 0.347 e. The molecule has 4 aromatic rings. The van der Waals surface area contributed by atoms with Gasteiger partial charge in [-0.25, -0.2) is 4.79 Å². The largest absolute Gasteiger partial charge is 0.439 e. The molecule has 0 aliphatic carbocycles. The maximum absolute atomic E-state index is 12.6. The first kappa shape index (κ1) is 17.4. The molecular weight excluding hydrogens is 362 g/mol. The van der Waals surface area contributed by atoms with Gasteiger partial charge in [0.1, 0.15) is 16.7 Å². The van der Waals surface area contributed by atoms with Crippen molar-refractivity contribution in [1.29, 1.82) is 0 Å². The van der Waals surface area contributed by atoms with Crippen molar-refractivity contribution < 1.29 is 8.83 Å². The summed E-state index contributed by atoms with van der Waals surface area (Å²) in [6.07, 6.45) is 0. The van der Waals surface area contributed by atoms with E-state index in [9.17, 15) is 4.79 Å². The van der Waals surface area contributed by atoms with Gasteiger partial charge in [0, 0.05) is 16.8 Å². The van der Waals surface area contributed by atoms with Crippen LogP contribution in [0.1, 0.15) is 16.9 Å². The van der Waals surface area contributed by atoms with Crippen molar-refractivity contribution >= 4 is 34.1 Å². The number of aryl methyl sites for hydroxylation is 3. The lowest BCUT2D eigenvalue weighted by Crippen LogP contribution is -2.00. The third-order valence-corrected chi connectivity index (χ3v) is 4.71. The summed E-state index contributed by atoms with van der Waals surface area (Å²) >= 11 is 6.18. The number of halogens is 1.